The number of nitrogens with zero attached hydrogens (tertiary/aromatic N) is 2. The zero-order chi connectivity index (χ0) is 19.6. The van der Waals surface area contributed by atoms with Gasteiger partial charge in [0.25, 0.3) is 11.5 Å². The first kappa shape index (κ1) is 18.9. The molecule has 6 nitrogen and oxygen atoms in total. The Morgan fingerprint density at radius 2 is 1.96 bits per heavy atom. The molecule has 7 heteroatoms. The molecule has 1 aromatic heterocycles. The van der Waals surface area contributed by atoms with Crippen molar-refractivity contribution in [2.75, 3.05) is 12.4 Å². The average molecular weight is 386 g/mol. The van der Waals surface area contributed by atoms with Gasteiger partial charge >= 0.3 is 0 Å². The van der Waals surface area contributed by atoms with Gasteiger partial charge in [-0.1, -0.05) is 36.7 Å². The van der Waals surface area contributed by atoms with Crippen LogP contribution < -0.4 is 15.6 Å². The largest absolute Gasteiger partial charge is 0.495 e. The number of anilines is 1. The van der Waals surface area contributed by atoms with Crippen LogP contribution in [0.25, 0.3) is 10.8 Å². The van der Waals surface area contributed by atoms with E-state index in [0.29, 0.717) is 33.8 Å². The van der Waals surface area contributed by atoms with E-state index in [0.717, 1.165) is 12.0 Å². The lowest BCUT2D eigenvalue weighted by Gasteiger charge is -2.14. The number of aryl methyl sites for hydroxylation is 2. The number of amides is 1. The van der Waals surface area contributed by atoms with Crippen molar-refractivity contribution >= 4 is 34.0 Å². The third-order valence-electron chi connectivity index (χ3n) is 4.25. The predicted molar refractivity (Wildman–Crippen MR) is 107 cm³/mol. The van der Waals surface area contributed by atoms with Gasteiger partial charge in [0, 0.05) is 23.0 Å². The van der Waals surface area contributed by atoms with Crippen molar-refractivity contribution in [1.29, 1.82) is 0 Å². The number of rotatable bonds is 5. The van der Waals surface area contributed by atoms with Crippen LogP contribution in [-0.4, -0.2) is 22.8 Å². The Kier molecular flexibility index (Phi) is 5.46. The maximum Gasteiger partial charge on any atom is 0.276 e. The standard InChI is InChI=1S/C20H20ClN3O3/c1-4-9-24-20(26)14-8-6-5-7-13(14)18(23-24)19(25)22-16-10-12(2)15(21)11-17(16)27-3/h5-8,10-11H,4,9H2,1-3H3,(H,22,25). The number of ether oxygens (including phenoxy) is 1. The number of methoxy groups -OCH3 is 1. The van der Waals surface area contributed by atoms with Crippen LogP contribution in [0.5, 0.6) is 5.75 Å². The van der Waals surface area contributed by atoms with Crippen molar-refractivity contribution in [2.45, 2.75) is 26.8 Å². The molecule has 0 aliphatic rings. The van der Waals surface area contributed by atoms with Gasteiger partial charge in [0.2, 0.25) is 0 Å². The molecule has 27 heavy (non-hydrogen) atoms. The van der Waals surface area contributed by atoms with Crippen LogP contribution >= 0.6 is 11.6 Å². The van der Waals surface area contributed by atoms with E-state index in [1.165, 1.54) is 11.8 Å². The van der Waals surface area contributed by atoms with Gasteiger partial charge in [0.15, 0.2) is 5.69 Å². The average Bonchev–Trinajstić information content (AvgIpc) is 2.66. The highest BCUT2D eigenvalue weighted by molar-refractivity contribution is 6.31. The number of fused-ring (bicyclic) bond motifs is 1. The number of hydrogen-bond acceptors (Lipinski definition) is 4. The zero-order valence-corrected chi connectivity index (χ0v) is 16.1. The topological polar surface area (TPSA) is 73.2 Å². The second-order valence-corrected chi connectivity index (χ2v) is 6.59. The lowest BCUT2D eigenvalue weighted by Crippen LogP contribution is -2.27. The van der Waals surface area contributed by atoms with Crippen LogP contribution in [0.4, 0.5) is 5.69 Å². The molecule has 1 N–H and O–H groups in total. The Morgan fingerprint density at radius 3 is 2.63 bits per heavy atom. The van der Waals surface area contributed by atoms with Gasteiger partial charge in [-0.3, -0.25) is 9.59 Å². The van der Waals surface area contributed by atoms with Gasteiger partial charge in [-0.2, -0.15) is 5.10 Å². The third-order valence-corrected chi connectivity index (χ3v) is 4.65. The van der Waals surface area contributed by atoms with Crippen molar-refractivity contribution in [2.24, 2.45) is 0 Å². The summed E-state index contributed by atoms with van der Waals surface area (Å²) in [5.74, 6) is 0.0289. The molecule has 0 bridgehead atoms. The van der Waals surface area contributed by atoms with Gasteiger partial charge in [-0.15, -0.1) is 0 Å². The minimum atomic E-state index is -0.420. The Morgan fingerprint density at radius 1 is 1.26 bits per heavy atom. The molecule has 0 aliphatic carbocycles. The number of aromatic nitrogens is 2. The van der Waals surface area contributed by atoms with Crippen LogP contribution in [0.1, 0.15) is 29.4 Å². The SMILES string of the molecule is CCCn1nc(C(=O)Nc2cc(C)c(Cl)cc2OC)c2ccccc2c1=O. The van der Waals surface area contributed by atoms with E-state index >= 15 is 0 Å². The molecule has 0 fully saturated rings. The molecule has 0 saturated carbocycles. The molecule has 140 valence electrons. The van der Waals surface area contributed by atoms with Gasteiger partial charge in [0.05, 0.1) is 18.2 Å². The first-order chi connectivity index (χ1) is 13.0. The summed E-state index contributed by atoms with van der Waals surface area (Å²) < 4.78 is 6.65. The van der Waals surface area contributed by atoms with Crippen LogP contribution in [-0.2, 0) is 6.54 Å². The Bertz CT molecular complexity index is 1080. The number of carbonyl (C=O) groups excluding carboxylic acids is 1. The fourth-order valence-corrected chi connectivity index (χ4v) is 3.03. The molecule has 1 heterocycles. The fraction of sp³-hybridized carbons (Fsp3) is 0.250. The minimum Gasteiger partial charge on any atom is -0.495 e. The predicted octanol–water partition coefficient (Wildman–Crippen LogP) is 4.03. The fourth-order valence-electron chi connectivity index (χ4n) is 2.88. The summed E-state index contributed by atoms with van der Waals surface area (Å²) in [5.41, 5.74) is 1.28. The molecule has 0 aliphatic heterocycles. The molecule has 2 aromatic carbocycles. The van der Waals surface area contributed by atoms with E-state index in [4.69, 9.17) is 16.3 Å². The number of hydrogen-bond donors (Lipinski definition) is 1. The van der Waals surface area contributed by atoms with Crippen molar-refractivity contribution < 1.29 is 9.53 Å². The molecule has 0 spiro atoms. The van der Waals surface area contributed by atoms with Crippen LogP contribution in [0, 0.1) is 6.92 Å². The van der Waals surface area contributed by atoms with E-state index in [-0.39, 0.29) is 11.3 Å². The molecule has 3 rings (SSSR count). The second-order valence-electron chi connectivity index (χ2n) is 6.18. The number of halogens is 1. The van der Waals surface area contributed by atoms with Gasteiger partial charge in [-0.05, 0) is 31.0 Å². The summed E-state index contributed by atoms with van der Waals surface area (Å²) >= 11 is 6.13. The molecule has 0 atom stereocenters. The van der Waals surface area contributed by atoms with E-state index in [1.807, 2.05) is 13.8 Å². The lowest BCUT2D eigenvalue weighted by atomic mass is 10.1. The summed E-state index contributed by atoms with van der Waals surface area (Å²) in [6.45, 7) is 4.23. The minimum absolute atomic E-state index is 0.188. The Hall–Kier alpha value is -2.86. The second kappa shape index (κ2) is 7.80. The molecular formula is C20H20ClN3O3. The van der Waals surface area contributed by atoms with Crippen molar-refractivity contribution in [3.8, 4) is 5.75 Å². The van der Waals surface area contributed by atoms with Crippen LogP contribution in [0.3, 0.4) is 0 Å². The van der Waals surface area contributed by atoms with Gasteiger partial charge in [-0.25, -0.2) is 4.68 Å². The smallest absolute Gasteiger partial charge is 0.276 e. The van der Waals surface area contributed by atoms with E-state index in [9.17, 15) is 9.59 Å². The molecule has 0 unspecified atom stereocenters. The summed E-state index contributed by atoms with van der Waals surface area (Å²) in [7, 11) is 1.51. The summed E-state index contributed by atoms with van der Waals surface area (Å²) in [5, 5.41) is 8.65. The maximum absolute atomic E-state index is 13.0. The third kappa shape index (κ3) is 3.66. The number of benzene rings is 2. The van der Waals surface area contributed by atoms with E-state index < -0.39 is 5.91 Å². The summed E-state index contributed by atoms with van der Waals surface area (Å²) in [6.07, 6.45) is 0.733. The summed E-state index contributed by atoms with van der Waals surface area (Å²) in [6, 6.07) is 10.4. The van der Waals surface area contributed by atoms with Crippen LogP contribution in [0.2, 0.25) is 5.02 Å². The molecule has 3 aromatic rings. The Balaban J connectivity index is 2.10. The molecule has 0 radical (unpaired) electrons. The van der Waals surface area contributed by atoms with Crippen molar-refractivity contribution in [1.82, 2.24) is 9.78 Å². The van der Waals surface area contributed by atoms with E-state index in [2.05, 4.69) is 10.4 Å². The quantitative estimate of drug-likeness (QED) is 0.719. The van der Waals surface area contributed by atoms with Gasteiger partial charge in [0.1, 0.15) is 5.75 Å². The van der Waals surface area contributed by atoms with Crippen LogP contribution in [0.15, 0.2) is 41.2 Å². The molecular weight excluding hydrogens is 366 g/mol. The lowest BCUT2D eigenvalue weighted by molar-refractivity contribution is 0.102. The Labute approximate surface area is 161 Å². The van der Waals surface area contributed by atoms with E-state index in [1.54, 1.807) is 36.4 Å². The first-order valence-corrected chi connectivity index (χ1v) is 8.99. The van der Waals surface area contributed by atoms with Crippen molar-refractivity contribution in [3.05, 3.63) is 63.0 Å². The maximum atomic E-state index is 13.0. The highest BCUT2D eigenvalue weighted by atomic mass is 35.5. The molecule has 1 amide bonds. The van der Waals surface area contributed by atoms with Gasteiger partial charge < -0.3 is 10.1 Å². The monoisotopic (exact) mass is 385 g/mol. The highest BCUT2D eigenvalue weighted by Gasteiger charge is 2.18. The first-order valence-electron chi connectivity index (χ1n) is 8.61. The zero-order valence-electron chi connectivity index (χ0n) is 15.4. The highest BCUT2D eigenvalue weighted by Crippen LogP contribution is 2.31. The number of carbonyl (C=O) groups is 1. The number of nitrogens with one attached hydrogen (secondary N) is 1. The normalized spacial score (nSPS) is 10.8. The van der Waals surface area contributed by atoms with Crippen molar-refractivity contribution in [3.63, 3.8) is 0 Å². The molecule has 0 saturated heterocycles. The summed E-state index contributed by atoms with van der Waals surface area (Å²) in [4.78, 5) is 25.6.